The summed E-state index contributed by atoms with van der Waals surface area (Å²) in [5.74, 6) is -1.62. The van der Waals surface area contributed by atoms with Crippen molar-refractivity contribution in [3.8, 4) is 0 Å². The zero-order valence-corrected chi connectivity index (χ0v) is 11.3. The molecule has 1 heterocycles. The van der Waals surface area contributed by atoms with Crippen molar-refractivity contribution in [2.45, 2.75) is 69.7 Å². The first-order chi connectivity index (χ1) is 8.11. The Kier molecular flexibility index (Phi) is 3.78. The smallest absolute Gasteiger partial charge is 0.223 e. The van der Waals surface area contributed by atoms with Gasteiger partial charge in [0, 0.05) is 20.6 Å². The summed E-state index contributed by atoms with van der Waals surface area (Å²) in [6.07, 6.45) is 5.50. The minimum atomic E-state index is -0.824. The van der Waals surface area contributed by atoms with Crippen LogP contribution in [0.3, 0.4) is 0 Å². The van der Waals surface area contributed by atoms with Crippen LogP contribution in [-0.4, -0.2) is 38.0 Å². The van der Waals surface area contributed by atoms with Crippen molar-refractivity contribution in [2.24, 2.45) is 0 Å². The van der Waals surface area contributed by atoms with Crippen molar-refractivity contribution >= 4 is 0 Å². The Hall–Kier alpha value is -0.160. The number of fused-ring (bicyclic) bond motifs is 1. The third-order valence-electron chi connectivity index (χ3n) is 4.24. The summed E-state index contributed by atoms with van der Waals surface area (Å²) in [4.78, 5) is 0. The van der Waals surface area contributed by atoms with Crippen LogP contribution in [0.25, 0.3) is 0 Å². The second-order valence-corrected chi connectivity index (χ2v) is 5.06. The van der Waals surface area contributed by atoms with E-state index in [4.69, 9.17) is 18.9 Å². The van der Waals surface area contributed by atoms with Crippen LogP contribution < -0.4 is 0 Å². The van der Waals surface area contributed by atoms with Crippen molar-refractivity contribution in [3.63, 3.8) is 0 Å². The van der Waals surface area contributed by atoms with Crippen molar-refractivity contribution in [1.29, 1.82) is 0 Å². The Labute approximate surface area is 104 Å². The van der Waals surface area contributed by atoms with Gasteiger partial charge in [0.2, 0.25) is 11.6 Å². The topological polar surface area (TPSA) is 36.9 Å². The molecule has 2 aliphatic rings. The maximum Gasteiger partial charge on any atom is 0.223 e. The molecule has 4 heteroatoms. The number of rotatable bonds is 3. The highest BCUT2D eigenvalue weighted by Gasteiger charge is 2.58. The normalized spacial score (nSPS) is 46.6. The van der Waals surface area contributed by atoms with Crippen molar-refractivity contribution in [1.82, 2.24) is 0 Å². The Balaban J connectivity index is 2.24. The number of hydrogen-bond acceptors (Lipinski definition) is 4. The number of hydrogen-bond donors (Lipinski definition) is 0. The van der Waals surface area contributed by atoms with Crippen molar-refractivity contribution in [3.05, 3.63) is 0 Å². The fourth-order valence-electron chi connectivity index (χ4n) is 3.05. The molecule has 0 aromatic heterocycles. The van der Waals surface area contributed by atoms with Crippen LogP contribution in [0.2, 0.25) is 0 Å². The minimum absolute atomic E-state index is 0.142. The average molecular weight is 244 g/mol. The molecular weight excluding hydrogens is 220 g/mol. The first-order valence-corrected chi connectivity index (χ1v) is 6.56. The van der Waals surface area contributed by atoms with Gasteiger partial charge in [-0.15, -0.1) is 0 Å². The lowest BCUT2D eigenvalue weighted by atomic mass is 9.90. The highest BCUT2D eigenvalue weighted by molar-refractivity contribution is 4.94. The first-order valence-electron chi connectivity index (χ1n) is 6.56. The molecule has 0 aromatic rings. The van der Waals surface area contributed by atoms with E-state index in [1.165, 1.54) is 12.8 Å². The van der Waals surface area contributed by atoms with E-state index in [1.54, 1.807) is 14.2 Å². The van der Waals surface area contributed by atoms with Gasteiger partial charge in [-0.1, -0.05) is 19.8 Å². The van der Waals surface area contributed by atoms with Crippen LogP contribution in [0.4, 0.5) is 0 Å². The zero-order valence-electron chi connectivity index (χ0n) is 11.3. The molecule has 0 bridgehead atoms. The Bertz CT molecular complexity index is 264. The Morgan fingerprint density at radius 1 is 1.06 bits per heavy atom. The lowest BCUT2D eigenvalue weighted by molar-refractivity contribution is -0.457. The summed E-state index contributed by atoms with van der Waals surface area (Å²) in [5, 5.41) is 0. The molecule has 4 nitrogen and oxygen atoms in total. The maximum atomic E-state index is 6.21. The highest BCUT2D eigenvalue weighted by Crippen LogP contribution is 2.44. The fourth-order valence-corrected chi connectivity index (χ4v) is 3.05. The number of ether oxygens (including phenoxy) is 4. The lowest BCUT2D eigenvalue weighted by Gasteiger charge is -2.54. The largest absolute Gasteiger partial charge is 0.349 e. The molecular formula is C13H24O4. The van der Waals surface area contributed by atoms with Crippen molar-refractivity contribution in [2.75, 3.05) is 14.2 Å². The van der Waals surface area contributed by atoms with Gasteiger partial charge < -0.3 is 18.9 Å². The predicted molar refractivity (Wildman–Crippen MR) is 63.7 cm³/mol. The van der Waals surface area contributed by atoms with Gasteiger partial charge in [-0.05, 0) is 19.8 Å². The molecule has 1 aliphatic carbocycles. The van der Waals surface area contributed by atoms with Crippen LogP contribution in [0.1, 0.15) is 46.0 Å². The summed E-state index contributed by atoms with van der Waals surface area (Å²) < 4.78 is 23.5. The van der Waals surface area contributed by atoms with E-state index in [-0.39, 0.29) is 12.2 Å². The summed E-state index contributed by atoms with van der Waals surface area (Å²) >= 11 is 0. The average Bonchev–Trinajstić information content (AvgIpc) is 2.38. The summed E-state index contributed by atoms with van der Waals surface area (Å²) in [6.45, 7) is 3.94. The highest BCUT2D eigenvalue weighted by atomic mass is 16.8. The Morgan fingerprint density at radius 2 is 1.65 bits per heavy atom. The second kappa shape index (κ2) is 4.84. The molecule has 1 aliphatic heterocycles. The third kappa shape index (κ3) is 2.01. The zero-order chi connectivity index (χ0) is 12.5. The van der Waals surface area contributed by atoms with Crippen LogP contribution in [0.5, 0.6) is 0 Å². The molecule has 100 valence electrons. The van der Waals surface area contributed by atoms with E-state index in [1.807, 2.05) is 13.8 Å². The molecule has 2 fully saturated rings. The summed E-state index contributed by atoms with van der Waals surface area (Å²) in [6, 6.07) is 0. The van der Waals surface area contributed by atoms with Crippen LogP contribution in [0, 0.1) is 0 Å². The van der Waals surface area contributed by atoms with Crippen LogP contribution in [-0.2, 0) is 18.9 Å². The van der Waals surface area contributed by atoms with E-state index in [0.717, 1.165) is 12.8 Å². The van der Waals surface area contributed by atoms with Gasteiger partial charge in [0.1, 0.15) is 0 Å². The van der Waals surface area contributed by atoms with Gasteiger partial charge in [0.05, 0.1) is 12.2 Å². The molecule has 1 saturated heterocycles. The molecule has 2 rings (SSSR count). The predicted octanol–water partition coefficient (Wildman–Crippen LogP) is 2.46. The van der Waals surface area contributed by atoms with Gasteiger partial charge in [0.15, 0.2) is 0 Å². The van der Waals surface area contributed by atoms with E-state index >= 15 is 0 Å². The molecule has 0 aromatic carbocycles. The molecule has 4 atom stereocenters. The van der Waals surface area contributed by atoms with Gasteiger partial charge in [-0.3, -0.25) is 0 Å². The number of methoxy groups -OCH3 is 2. The SMILES string of the molecule is CC[C@@]1(OC)O[C@H]2CCCC[C@@H]2O[C@@]1(C)OC. The molecule has 0 unspecified atom stereocenters. The van der Waals surface area contributed by atoms with Gasteiger partial charge in [-0.25, -0.2) is 0 Å². The fraction of sp³-hybridized carbons (Fsp3) is 1.00. The molecule has 0 radical (unpaired) electrons. The van der Waals surface area contributed by atoms with E-state index < -0.39 is 11.6 Å². The minimum Gasteiger partial charge on any atom is -0.349 e. The molecule has 0 N–H and O–H groups in total. The van der Waals surface area contributed by atoms with E-state index in [0.29, 0.717) is 6.42 Å². The molecule has 0 spiro atoms. The van der Waals surface area contributed by atoms with Gasteiger partial charge in [-0.2, -0.15) is 0 Å². The van der Waals surface area contributed by atoms with Crippen molar-refractivity contribution < 1.29 is 18.9 Å². The molecule has 1 saturated carbocycles. The molecule has 17 heavy (non-hydrogen) atoms. The lowest BCUT2D eigenvalue weighted by Crippen LogP contribution is -2.66. The maximum absolute atomic E-state index is 6.21. The third-order valence-corrected chi connectivity index (χ3v) is 4.24. The standard InChI is InChI=1S/C13H24O4/c1-5-13(15-4)12(2,14-3)16-10-8-6-7-9-11(10)17-13/h10-11H,5-9H2,1-4H3/t10-,11-,12+,13+/m0/s1. The van der Waals surface area contributed by atoms with E-state index in [9.17, 15) is 0 Å². The van der Waals surface area contributed by atoms with E-state index in [2.05, 4.69) is 0 Å². The van der Waals surface area contributed by atoms with Gasteiger partial charge in [0.25, 0.3) is 0 Å². The molecule has 0 amide bonds. The van der Waals surface area contributed by atoms with Crippen LogP contribution in [0.15, 0.2) is 0 Å². The van der Waals surface area contributed by atoms with Gasteiger partial charge >= 0.3 is 0 Å². The second-order valence-electron chi connectivity index (χ2n) is 5.06. The summed E-state index contributed by atoms with van der Waals surface area (Å²) in [5.41, 5.74) is 0. The first kappa shape index (κ1) is 13.3. The Morgan fingerprint density at radius 3 is 2.12 bits per heavy atom. The monoisotopic (exact) mass is 244 g/mol. The quantitative estimate of drug-likeness (QED) is 0.764. The summed E-state index contributed by atoms with van der Waals surface area (Å²) in [7, 11) is 3.31. The van der Waals surface area contributed by atoms with Crippen LogP contribution >= 0.6 is 0 Å².